The number of nitrogens with zero attached hydrogens (tertiary/aromatic N) is 3. The van der Waals surface area contributed by atoms with Crippen LogP contribution in [0.5, 0.6) is 0 Å². The van der Waals surface area contributed by atoms with E-state index in [1.807, 2.05) is 12.1 Å². The van der Waals surface area contributed by atoms with Crippen LogP contribution < -0.4 is 21.4 Å². The maximum Gasteiger partial charge on any atom is 0.326 e. The molecule has 0 bridgehead atoms. The van der Waals surface area contributed by atoms with Gasteiger partial charge in [-0.1, -0.05) is 0 Å². The number of hydrogen-bond donors (Lipinski definition) is 3. The number of carbonyl (C=O) groups excluding carboxylic acids is 2. The topological polar surface area (TPSA) is 122 Å². The van der Waals surface area contributed by atoms with E-state index >= 15 is 0 Å². The molecule has 0 saturated carbocycles. The molecule has 1 aromatic heterocycles. The summed E-state index contributed by atoms with van der Waals surface area (Å²) in [5.74, 6) is 4.60. The van der Waals surface area contributed by atoms with E-state index < -0.39 is 5.97 Å². The number of anilines is 2. The molecule has 9 nitrogen and oxygen atoms in total. The van der Waals surface area contributed by atoms with Crippen molar-refractivity contribution in [1.29, 1.82) is 0 Å². The Morgan fingerprint density at radius 3 is 2.68 bits per heavy atom. The first kappa shape index (κ1) is 19.6. The third-order valence-corrected chi connectivity index (χ3v) is 4.56. The Morgan fingerprint density at radius 2 is 1.96 bits per heavy atom. The molecule has 1 aliphatic rings. The van der Waals surface area contributed by atoms with Crippen molar-refractivity contribution in [3.05, 3.63) is 48.3 Å². The summed E-state index contributed by atoms with van der Waals surface area (Å²) in [5, 5.41) is 6.04. The van der Waals surface area contributed by atoms with Crippen LogP contribution in [0.4, 0.5) is 11.6 Å². The second-order valence-corrected chi connectivity index (χ2v) is 6.54. The summed E-state index contributed by atoms with van der Waals surface area (Å²) in [7, 11) is 0. The minimum atomic E-state index is -0.565. The first-order valence-corrected chi connectivity index (χ1v) is 9.22. The Balaban J connectivity index is 1.53. The first-order valence-electron chi connectivity index (χ1n) is 9.22. The minimum absolute atomic E-state index is 0.0353. The van der Waals surface area contributed by atoms with Gasteiger partial charge in [-0.2, -0.15) is 5.90 Å². The first-order chi connectivity index (χ1) is 13.7. The molecule has 2 heterocycles. The van der Waals surface area contributed by atoms with Crippen LogP contribution >= 0.6 is 0 Å². The number of carbonyl (C=O) groups is 2. The molecular weight excluding hydrogens is 360 g/mol. The van der Waals surface area contributed by atoms with Crippen LogP contribution in [-0.4, -0.2) is 47.5 Å². The summed E-state index contributed by atoms with van der Waals surface area (Å²) in [5.41, 5.74) is 1.60. The zero-order valence-electron chi connectivity index (χ0n) is 15.5. The number of rotatable bonds is 7. The van der Waals surface area contributed by atoms with Crippen LogP contribution in [0.15, 0.2) is 42.7 Å². The van der Waals surface area contributed by atoms with Crippen LogP contribution in [0.1, 0.15) is 29.6 Å². The number of aromatic nitrogens is 2. The Labute approximate surface area is 163 Å². The molecule has 0 unspecified atom stereocenters. The van der Waals surface area contributed by atoms with Gasteiger partial charge in [0.1, 0.15) is 0 Å². The molecule has 28 heavy (non-hydrogen) atoms. The lowest BCUT2D eigenvalue weighted by atomic mass is 10.0. The van der Waals surface area contributed by atoms with Crippen LogP contribution in [0.25, 0.3) is 0 Å². The van der Waals surface area contributed by atoms with Gasteiger partial charge in [-0.05, 0) is 43.2 Å². The highest BCUT2D eigenvalue weighted by atomic mass is 16.7. The van der Waals surface area contributed by atoms with E-state index in [9.17, 15) is 9.59 Å². The molecule has 0 aliphatic carbocycles. The summed E-state index contributed by atoms with van der Waals surface area (Å²) in [4.78, 5) is 37.9. The van der Waals surface area contributed by atoms with Crippen molar-refractivity contribution in [2.45, 2.75) is 25.3 Å². The fraction of sp³-hybridized carbons (Fsp3) is 0.368. The van der Waals surface area contributed by atoms with E-state index in [1.54, 1.807) is 30.6 Å². The molecule has 1 fully saturated rings. The van der Waals surface area contributed by atoms with Crippen molar-refractivity contribution in [2.75, 3.05) is 29.9 Å². The Bertz CT molecular complexity index is 784. The van der Waals surface area contributed by atoms with Crippen molar-refractivity contribution < 1.29 is 14.4 Å². The summed E-state index contributed by atoms with van der Waals surface area (Å²) >= 11 is 0. The Kier molecular flexibility index (Phi) is 6.74. The highest BCUT2D eigenvalue weighted by molar-refractivity contribution is 5.94. The van der Waals surface area contributed by atoms with Gasteiger partial charge in [0, 0.05) is 49.3 Å². The van der Waals surface area contributed by atoms with E-state index in [0.717, 1.165) is 31.6 Å². The largest absolute Gasteiger partial charge is 0.373 e. The SMILES string of the molecule is NOC(=O)CCNC(=O)c1ccc(N2CCC[C@H](Nc3ncccn3)C2)cc1. The van der Waals surface area contributed by atoms with Gasteiger partial charge in [0.15, 0.2) is 0 Å². The average Bonchev–Trinajstić information content (AvgIpc) is 2.74. The van der Waals surface area contributed by atoms with Gasteiger partial charge in [-0.15, -0.1) is 0 Å². The van der Waals surface area contributed by atoms with Crippen molar-refractivity contribution in [2.24, 2.45) is 5.90 Å². The molecule has 0 radical (unpaired) electrons. The zero-order chi connectivity index (χ0) is 19.8. The summed E-state index contributed by atoms with van der Waals surface area (Å²) < 4.78 is 0. The molecule has 0 spiro atoms. The zero-order valence-corrected chi connectivity index (χ0v) is 15.5. The predicted octanol–water partition coefficient (Wildman–Crippen LogP) is 1.09. The number of nitrogens with two attached hydrogens (primary N) is 1. The smallest absolute Gasteiger partial charge is 0.326 e. The molecule has 3 rings (SSSR count). The molecule has 148 valence electrons. The lowest BCUT2D eigenvalue weighted by Crippen LogP contribution is -2.42. The normalized spacial score (nSPS) is 16.3. The second kappa shape index (κ2) is 9.65. The molecule has 1 amide bonds. The molecule has 2 aromatic rings. The van der Waals surface area contributed by atoms with Gasteiger partial charge in [-0.25, -0.2) is 9.97 Å². The fourth-order valence-corrected chi connectivity index (χ4v) is 3.15. The summed E-state index contributed by atoms with van der Waals surface area (Å²) in [6, 6.07) is 9.49. The number of benzene rings is 1. The van der Waals surface area contributed by atoms with Gasteiger partial charge in [-0.3, -0.25) is 9.59 Å². The number of amides is 1. The Morgan fingerprint density at radius 1 is 1.21 bits per heavy atom. The molecule has 1 aliphatic heterocycles. The van der Waals surface area contributed by atoms with E-state index in [2.05, 4.69) is 30.3 Å². The second-order valence-electron chi connectivity index (χ2n) is 6.54. The quantitative estimate of drug-likeness (QED) is 0.607. The summed E-state index contributed by atoms with van der Waals surface area (Å²) in [6.45, 7) is 1.98. The van der Waals surface area contributed by atoms with Gasteiger partial charge < -0.3 is 20.4 Å². The molecule has 4 N–H and O–H groups in total. The minimum Gasteiger partial charge on any atom is -0.373 e. The lowest BCUT2D eigenvalue weighted by molar-refractivity contribution is -0.144. The van der Waals surface area contributed by atoms with E-state index in [4.69, 9.17) is 5.90 Å². The fourth-order valence-electron chi connectivity index (χ4n) is 3.15. The summed E-state index contributed by atoms with van der Waals surface area (Å²) in [6.07, 6.45) is 5.59. The van der Waals surface area contributed by atoms with Crippen LogP contribution in [0, 0.1) is 0 Å². The molecule has 1 saturated heterocycles. The van der Waals surface area contributed by atoms with Crippen molar-refractivity contribution in [1.82, 2.24) is 15.3 Å². The van der Waals surface area contributed by atoms with E-state index in [0.29, 0.717) is 11.5 Å². The monoisotopic (exact) mass is 384 g/mol. The highest BCUT2D eigenvalue weighted by Crippen LogP contribution is 2.21. The third-order valence-electron chi connectivity index (χ3n) is 4.56. The maximum atomic E-state index is 12.1. The molecule has 1 aromatic carbocycles. The average molecular weight is 384 g/mol. The molecule has 1 atom stereocenters. The standard InChI is InChI=1S/C19H24N6O3/c20-28-17(26)8-11-21-18(27)14-4-6-16(7-5-14)25-12-1-3-15(13-25)24-19-22-9-2-10-23-19/h2,4-7,9-10,15H,1,3,8,11-13,20H2,(H,21,27)(H,22,23,24)/t15-/m0/s1. The third kappa shape index (κ3) is 5.40. The number of piperidine rings is 1. The molecule has 9 heteroatoms. The van der Waals surface area contributed by atoms with Gasteiger partial charge in [0.2, 0.25) is 5.95 Å². The highest BCUT2D eigenvalue weighted by Gasteiger charge is 2.21. The Hall–Kier alpha value is -3.20. The van der Waals surface area contributed by atoms with Crippen LogP contribution in [0.3, 0.4) is 0 Å². The van der Waals surface area contributed by atoms with Crippen LogP contribution in [-0.2, 0) is 9.63 Å². The molecular formula is C19H24N6O3. The van der Waals surface area contributed by atoms with Crippen LogP contribution in [0.2, 0.25) is 0 Å². The lowest BCUT2D eigenvalue weighted by Gasteiger charge is -2.34. The van der Waals surface area contributed by atoms with Crippen molar-refractivity contribution >= 4 is 23.5 Å². The maximum absolute atomic E-state index is 12.1. The van der Waals surface area contributed by atoms with Gasteiger partial charge in [0.25, 0.3) is 5.91 Å². The van der Waals surface area contributed by atoms with Crippen molar-refractivity contribution in [3.8, 4) is 0 Å². The number of hydrogen-bond acceptors (Lipinski definition) is 8. The van der Waals surface area contributed by atoms with Crippen molar-refractivity contribution in [3.63, 3.8) is 0 Å². The van der Waals surface area contributed by atoms with Gasteiger partial charge in [0.05, 0.1) is 6.42 Å². The van der Waals surface area contributed by atoms with E-state index in [-0.39, 0.29) is 24.9 Å². The van der Waals surface area contributed by atoms with Gasteiger partial charge >= 0.3 is 5.97 Å². The van der Waals surface area contributed by atoms with E-state index in [1.165, 1.54) is 0 Å². The predicted molar refractivity (Wildman–Crippen MR) is 105 cm³/mol. The number of nitrogens with one attached hydrogen (secondary N) is 2.